The average Bonchev–Trinajstić information content (AvgIpc) is 3.21. The maximum Gasteiger partial charge on any atom is 0.258 e. The molecule has 176 valence electrons. The summed E-state index contributed by atoms with van der Waals surface area (Å²) < 4.78 is 16.0. The van der Waals surface area contributed by atoms with Gasteiger partial charge in [0.15, 0.2) is 11.5 Å². The van der Waals surface area contributed by atoms with E-state index in [1.54, 1.807) is 12.1 Å². The predicted octanol–water partition coefficient (Wildman–Crippen LogP) is 4.23. The Labute approximate surface area is 199 Å². The first-order chi connectivity index (χ1) is 16.5. The van der Waals surface area contributed by atoms with Crippen molar-refractivity contribution in [3.63, 3.8) is 0 Å². The summed E-state index contributed by atoms with van der Waals surface area (Å²) in [6.45, 7) is 2.36. The van der Waals surface area contributed by atoms with Crippen molar-refractivity contribution < 1.29 is 23.8 Å². The number of amides is 2. The van der Waals surface area contributed by atoms with Gasteiger partial charge in [-0.2, -0.15) is 0 Å². The lowest BCUT2D eigenvalue weighted by Crippen LogP contribution is -2.35. The SMILES string of the molecule is COc1cc(C(=O)NCc2ccc3c(c2)N(C(=O)c2ccccc2)C(C)C3)cc(OC)c1OC. The summed E-state index contributed by atoms with van der Waals surface area (Å²) >= 11 is 0. The van der Waals surface area contributed by atoms with E-state index >= 15 is 0 Å². The van der Waals surface area contributed by atoms with Crippen LogP contribution in [0.15, 0.2) is 60.7 Å². The van der Waals surface area contributed by atoms with E-state index in [1.165, 1.54) is 21.3 Å². The van der Waals surface area contributed by atoms with Crippen molar-refractivity contribution in [1.82, 2.24) is 5.32 Å². The highest BCUT2D eigenvalue weighted by atomic mass is 16.5. The van der Waals surface area contributed by atoms with Crippen LogP contribution in [0.4, 0.5) is 5.69 Å². The Morgan fingerprint density at radius 2 is 1.59 bits per heavy atom. The van der Waals surface area contributed by atoms with E-state index in [-0.39, 0.29) is 17.9 Å². The van der Waals surface area contributed by atoms with Crippen molar-refractivity contribution in [1.29, 1.82) is 0 Å². The monoisotopic (exact) mass is 460 g/mol. The number of hydrogen-bond donors (Lipinski definition) is 1. The highest BCUT2D eigenvalue weighted by molar-refractivity contribution is 6.07. The number of hydrogen-bond acceptors (Lipinski definition) is 5. The van der Waals surface area contributed by atoms with Crippen LogP contribution in [0.5, 0.6) is 17.2 Å². The fourth-order valence-corrected chi connectivity index (χ4v) is 4.29. The second kappa shape index (κ2) is 9.87. The average molecular weight is 461 g/mol. The molecule has 0 spiro atoms. The number of rotatable bonds is 7. The van der Waals surface area contributed by atoms with Gasteiger partial charge in [-0.15, -0.1) is 0 Å². The number of carbonyl (C=O) groups excluding carboxylic acids is 2. The molecule has 0 aromatic heterocycles. The maximum absolute atomic E-state index is 13.2. The normalized spacial score (nSPS) is 14.4. The molecule has 7 heteroatoms. The highest BCUT2D eigenvalue weighted by Crippen LogP contribution is 2.38. The molecule has 0 radical (unpaired) electrons. The summed E-state index contributed by atoms with van der Waals surface area (Å²) in [7, 11) is 4.53. The maximum atomic E-state index is 13.2. The third kappa shape index (κ3) is 4.41. The zero-order valence-electron chi connectivity index (χ0n) is 19.8. The van der Waals surface area contributed by atoms with Crippen LogP contribution in [0.2, 0.25) is 0 Å². The Hall–Kier alpha value is -4.00. The Morgan fingerprint density at radius 3 is 2.21 bits per heavy atom. The van der Waals surface area contributed by atoms with E-state index in [9.17, 15) is 9.59 Å². The van der Waals surface area contributed by atoms with Gasteiger partial charge in [-0.1, -0.05) is 30.3 Å². The minimum Gasteiger partial charge on any atom is -0.493 e. The van der Waals surface area contributed by atoms with Gasteiger partial charge in [-0.25, -0.2) is 0 Å². The summed E-state index contributed by atoms with van der Waals surface area (Å²) in [6, 6.07) is 18.6. The molecule has 0 bridgehead atoms. The lowest BCUT2D eigenvalue weighted by atomic mass is 10.1. The van der Waals surface area contributed by atoms with Crippen molar-refractivity contribution in [3.8, 4) is 17.2 Å². The lowest BCUT2D eigenvalue weighted by Gasteiger charge is -2.23. The molecule has 1 aliphatic rings. The molecule has 3 aromatic rings. The van der Waals surface area contributed by atoms with Gasteiger partial charge in [0.05, 0.1) is 21.3 Å². The first kappa shape index (κ1) is 23.2. The Bertz CT molecular complexity index is 1180. The minimum absolute atomic E-state index is 0.0227. The minimum atomic E-state index is -0.273. The third-order valence-corrected chi connectivity index (χ3v) is 5.98. The summed E-state index contributed by atoms with van der Waals surface area (Å²) in [6.07, 6.45) is 0.798. The Kier molecular flexibility index (Phi) is 6.72. The van der Waals surface area contributed by atoms with Crippen LogP contribution in [0.3, 0.4) is 0 Å². The number of anilines is 1. The van der Waals surface area contributed by atoms with E-state index < -0.39 is 0 Å². The van der Waals surface area contributed by atoms with Gasteiger partial charge >= 0.3 is 0 Å². The summed E-state index contributed by atoms with van der Waals surface area (Å²) in [5.74, 6) is 0.954. The number of nitrogens with one attached hydrogen (secondary N) is 1. The lowest BCUT2D eigenvalue weighted by molar-refractivity contribution is 0.0947. The molecule has 1 atom stereocenters. The molecule has 4 rings (SSSR count). The zero-order valence-corrected chi connectivity index (χ0v) is 19.8. The molecular formula is C27H28N2O5. The summed E-state index contributed by atoms with van der Waals surface area (Å²) in [4.78, 5) is 27.9. The van der Waals surface area contributed by atoms with Crippen LogP contribution in [0.1, 0.15) is 38.8 Å². The molecule has 7 nitrogen and oxygen atoms in total. The molecule has 3 aromatic carbocycles. The fourth-order valence-electron chi connectivity index (χ4n) is 4.29. The number of methoxy groups -OCH3 is 3. The number of carbonyl (C=O) groups is 2. The molecule has 0 aliphatic carbocycles. The van der Waals surface area contributed by atoms with Crippen LogP contribution < -0.4 is 24.4 Å². The predicted molar refractivity (Wildman–Crippen MR) is 130 cm³/mol. The number of ether oxygens (including phenoxy) is 3. The topological polar surface area (TPSA) is 77.1 Å². The fraction of sp³-hybridized carbons (Fsp3) is 0.259. The van der Waals surface area contributed by atoms with Crippen molar-refractivity contribution in [2.45, 2.75) is 25.9 Å². The summed E-state index contributed by atoms with van der Waals surface area (Å²) in [5.41, 5.74) is 3.96. The van der Waals surface area contributed by atoms with Crippen LogP contribution in [0.25, 0.3) is 0 Å². The van der Waals surface area contributed by atoms with Crippen molar-refractivity contribution in [3.05, 3.63) is 82.9 Å². The van der Waals surface area contributed by atoms with Crippen molar-refractivity contribution in [2.75, 3.05) is 26.2 Å². The zero-order chi connectivity index (χ0) is 24.2. The van der Waals surface area contributed by atoms with Crippen LogP contribution in [-0.4, -0.2) is 39.2 Å². The Morgan fingerprint density at radius 1 is 0.912 bits per heavy atom. The van der Waals surface area contributed by atoms with Crippen LogP contribution in [-0.2, 0) is 13.0 Å². The van der Waals surface area contributed by atoms with Gasteiger partial charge in [0, 0.05) is 29.4 Å². The third-order valence-electron chi connectivity index (χ3n) is 5.98. The van der Waals surface area contributed by atoms with Crippen molar-refractivity contribution >= 4 is 17.5 Å². The quantitative estimate of drug-likeness (QED) is 0.571. The second-order valence-electron chi connectivity index (χ2n) is 8.15. The molecule has 1 N–H and O–H groups in total. The molecule has 0 saturated heterocycles. The van der Waals surface area contributed by atoms with Gasteiger partial charge in [0.2, 0.25) is 5.75 Å². The first-order valence-electron chi connectivity index (χ1n) is 11.1. The van der Waals surface area contributed by atoms with E-state index in [4.69, 9.17) is 14.2 Å². The van der Waals surface area contributed by atoms with Gasteiger partial charge in [0.25, 0.3) is 11.8 Å². The number of nitrogens with zero attached hydrogens (tertiary/aromatic N) is 1. The van der Waals surface area contributed by atoms with E-state index in [2.05, 4.69) is 5.32 Å². The molecule has 1 unspecified atom stereocenters. The van der Waals surface area contributed by atoms with Crippen LogP contribution in [0, 0.1) is 0 Å². The number of benzene rings is 3. The first-order valence-corrected chi connectivity index (χ1v) is 11.1. The van der Waals surface area contributed by atoms with E-state index in [0.29, 0.717) is 34.9 Å². The highest BCUT2D eigenvalue weighted by Gasteiger charge is 2.31. The smallest absolute Gasteiger partial charge is 0.258 e. The molecule has 34 heavy (non-hydrogen) atoms. The van der Waals surface area contributed by atoms with Crippen molar-refractivity contribution in [2.24, 2.45) is 0 Å². The second-order valence-corrected chi connectivity index (χ2v) is 8.15. The van der Waals surface area contributed by atoms with Gasteiger partial charge < -0.3 is 24.4 Å². The van der Waals surface area contributed by atoms with Gasteiger partial charge in [-0.05, 0) is 54.8 Å². The van der Waals surface area contributed by atoms with Gasteiger partial charge in [0.1, 0.15) is 0 Å². The molecule has 1 aliphatic heterocycles. The van der Waals surface area contributed by atoms with E-state index in [1.807, 2.05) is 60.4 Å². The number of fused-ring (bicyclic) bond motifs is 1. The van der Waals surface area contributed by atoms with E-state index in [0.717, 1.165) is 23.2 Å². The molecule has 0 saturated carbocycles. The molecule has 2 amide bonds. The largest absolute Gasteiger partial charge is 0.493 e. The van der Waals surface area contributed by atoms with Crippen LogP contribution >= 0.6 is 0 Å². The summed E-state index contributed by atoms with van der Waals surface area (Å²) in [5, 5.41) is 2.94. The Balaban J connectivity index is 1.53. The molecule has 1 heterocycles. The van der Waals surface area contributed by atoms with Gasteiger partial charge in [-0.3, -0.25) is 9.59 Å². The molecule has 0 fully saturated rings. The molecular weight excluding hydrogens is 432 g/mol. The standard InChI is InChI=1S/C27H28N2O5/c1-17-12-20-11-10-18(13-22(20)29(17)27(31)19-8-6-5-7-9-19)16-28-26(30)21-14-23(32-2)25(34-4)24(15-21)33-3/h5-11,13-15,17H,12,16H2,1-4H3,(H,28,30).